The van der Waals surface area contributed by atoms with Gasteiger partial charge in [0.1, 0.15) is 48.1 Å². The van der Waals surface area contributed by atoms with E-state index in [1.165, 1.54) is 25.6 Å². The fourth-order valence-electron chi connectivity index (χ4n) is 8.04. The van der Waals surface area contributed by atoms with Crippen LogP contribution in [0.2, 0.25) is 5.02 Å². The minimum atomic E-state index is -1.14. The van der Waals surface area contributed by atoms with Gasteiger partial charge in [-0.2, -0.15) is 10.1 Å². The van der Waals surface area contributed by atoms with Crippen LogP contribution in [0.4, 0.5) is 4.39 Å². The standard InChI is InChI=1S/C47H43ClFN7O6/c1-54-18-20-55(21-19-54)22-23-60-39-15-14-34-41(43(39)48)35-25-30(49)12-13-32(35)36-26-56-44(42(34)36)46(51-28-52-56)62-40(47(57)59-3)24-29-8-4-6-10-37(29)61-27-31-16-17-50-45(53-31)33-9-5-7-11-38(33)58-2/h4-17,25-26,28,40H,18-24,27H2,1-3H3/t40-/m1/s1. The molecule has 0 amide bonds. The number of halogens is 2. The number of methoxy groups -OCH3 is 2. The number of carbonyl (C=O) groups excluding carboxylic acids is 1. The fraction of sp³-hybridized carbons (Fsp3) is 0.255. The van der Waals surface area contributed by atoms with Gasteiger partial charge in [0.2, 0.25) is 12.0 Å². The Balaban J connectivity index is 1.04. The van der Waals surface area contributed by atoms with Crippen LogP contribution in [0.15, 0.2) is 104 Å². The highest BCUT2D eigenvalue weighted by Crippen LogP contribution is 2.45. The lowest BCUT2D eigenvalue weighted by molar-refractivity contribution is -0.148. The molecule has 15 heteroatoms. The molecule has 13 nitrogen and oxygen atoms in total. The zero-order valence-corrected chi connectivity index (χ0v) is 35.1. The molecule has 8 aromatic rings. The second-order valence-electron chi connectivity index (χ2n) is 15.1. The molecule has 0 N–H and O–H groups in total. The number of hydrogen-bond donors (Lipinski definition) is 0. The summed E-state index contributed by atoms with van der Waals surface area (Å²) in [6.07, 6.45) is 3.81. The normalized spacial score (nSPS) is 14.1. The van der Waals surface area contributed by atoms with Crippen LogP contribution >= 0.6 is 11.6 Å². The van der Waals surface area contributed by atoms with Crippen molar-refractivity contribution in [3.63, 3.8) is 0 Å². The van der Waals surface area contributed by atoms with Gasteiger partial charge in [-0.05, 0) is 77.3 Å². The Hall–Kier alpha value is -6.61. The lowest BCUT2D eigenvalue weighted by Crippen LogP contribution is -2.45. The van der Waals surface area contributed by atoms with Gasteiger partial charge in [0.15, 0.2) is 5.82 Å². The third kappa shape index (κ3) is 8.11. The molecule has 1 aliphatic rings. The molecule has 1 fully saturated rings. The number of piperazine rings is 1. The van der Waals surface area contributed by atoms with Crippen molar-refractivity contribution < 1.29 is 32.9 Å². The largest absolute Gasteiger partial charge is 0.496 e. The second kappa shape index (κ2) is 17.8. The number of nitrogens with zero attached hydrogens (tertiary/aromatic N) is 7. The van der Waals surface area contributed by atoms with E-state index in [9.17, 15) is 4.79 Å². The Morgan fingerprint density at radius 3 is 2.45 bits per heavy atom. The highest BCUT2D eigenvalue weighted by molar-refractivity contribution is 6.42. The van der Waals surface area contributed by atoms with E-state index in [4.69, 9.17) is 40.3 Å². The first-order valence-electron chi connectivity index (χ1n) is 20.2. The van der Waals surface area contributed by atoms with Crippen molar-refractivity contribution in [2.45, 2.75) is 19.1 Å². The number of rotatable bonds is 14. The summed E-state index contributed by atoms with van der Waals surface area (Å²) in [5, 5.41) is 9.07. The topological polar surface area (TPSA) is 126 Å². The predicted molar refractivity (Wildman–Crippen MR) is 235 cm³/mol. The van der Waals surface area contributed by atoms with Crippen molar-refractivity contribution in [3.05, 3.63) is 126 Å². The van der Waals surface area contributed by atoms with Gasteiger partial charge in [-0.15, -0.1) is 0 Å². The minimum absolute atomic E-state index is 0.0809. The molecule has 0 saturated carbocycles. The average Bonchev–Trinajstić information content (AvgIpc) is 3.70. The lowest BCUT2D eigenvalue weighted by atomic mass is 9.95. The molecular formula is C47H43ClFN7O6. The average molecular weight is 856 g/mol. The molecule has 5 aromatic carbocycles. The van der Waals surface area contributed by atoms with Crippen molar-refractivity contribution in [1.82, 2.24) is 34.4 Å². The van der Waals surface area contributed by atoms with Crippen molar-refractivity contribution >= 4 is 55.4 Å². The number of esters is 1. The Morgan fingerprint density at radius 2 is 1.63 bits per heavy atom. The van der Waals surface area contributed by atoms with E-state index in [0.29, 0.717) is 73.0 Å². The third-order valence-electron chi connectivity index (χ3n) is 11.3. The summed E-state index contributed by atoms with van der Waals surface area (Å²) in [5.41, 5.74) is 2.59. The summed E-state index contributed by atoms with van der Waals surface area (Å²) >= 11 is 7.21. The first-order valence-corrected chi connectivity index (χ1v) is 20.6. The van der Waals surface area contributed by atoms with Gasteiger partial charge in [-0.3, -0.25) is 4.90 Å². The maximum atomic E-state index is 15.0. The van der Waals surface area contributed by atoms with Crippen molar-refractivity contribution in [2.24, 2.45) is 0 Å². The van der Waals surface area contributed by atoms with Gasteiger partial charge < -0.3 is 28.6 Å². The van der Waals surface area contributed by atoms with E-state index in [2.05, 4.69) is 31.9 Å². The number of likely N-dealkylation sites (N-methyl/N-ethyl adjacent to an activating group) is 1. The molecular weight excluding hydrogens is 813 g/mol. The Labute approximate surface area is 361 Å². The Bertz CT molecular complexity index is 2940. The zero-order valence-electron chi connectivity index (χ0n) is 34.4. The Morgan fingerprint density at radius 1 is 0.839 bits per heavy atom. The zero-order chi connectivity index (χ0) is 42.7. The third-order valence-corrected chi connectivity index (χ3v) is 11.6. The van der Waals surface area contributed by atoms with Gasteiger partial charge in [0, 0.05) is 67.7 Å². The first kappa shape index (κ1) is 40.8. The highest BCUT2D eigenvalue weighted by atomic mass is 35.5. The monoisotopic (exact) mass is 855 g/mol. The van der Waals surface area contributed by atoms with Gasteiger partial charge >= 0.3 is 5.97 Å². The van der Waals surface area contributed by atoms with Gasteiger partial charge in [-0.1, -0.05) is 48.0 Å². The molecule has 0 bridgehead atoms. The van der Waals surface area contributed by atoms with Gasteiger partial charge in [0.05, 0.1) is 30.5 Å². The van der Waals surface area contributed by atoms with Crippen molar-refractivity contribution in [1.29, 1.82) is 0 Å². The second-order valence-corrected chi connectivity index (χ2v) is 15.4. The van der Waals surface area contributed by atoms with E-state index in [1.807, 2.05) is 66.9 Å². The summed E-state index contributed by atoms with van der Waals surface area (Å²) in [6.45, 7) is 5.27. The van der Waals surface area contributed by atoms with Crippen LogP contribution in [0.5, 0.6) is 23.1 Å². The number of fused-ring (bicyclic) bond motifs is 8. The van der Waals surface area contributed by atoms with Crippen LogP contribution in [-0.2, 0) is 22.6 Å². The van der Waals surface area contributed by atoms with E-state index in [-0.39, 0.29) is 18.9 Å². The molecule has 1 aliphatic heterocycles. The predicted octanol–water partition coefficient (Wildman–Crippen LogP) is 7.82. The van der Waals surface area contributed by atoms with Crippen molar-refractivity contribution in [3.8, 4) is 34.5 Å². The quantitative estimate of drug-likeness (QED) is 0.0783. The summed E-state index contributed by atoms with van der Waals surface area (Å²) in [7, 11) is 5.04. The van der Waals surface area contributed by atoms with Crippen LogP contribution in [-0.4, -0.2) is 107 Å². The molecule has 1 atom stereocenters. The van der Waals surface area contributed by atoms with Crippen LogP contribution in [0.25, 0.3) is 49.2 Å². The van der Waals surface area contributed by atoms with E-state index >= 15 is 4.39 Å². The Kier molecular flexibility index (Phi) is 11.7. The molecule has 316 valence electrons. The maximum Gasteiger partial charge on any atom is 0.347 e. The summed E-state index contributed by atoms with van der Waals surface area (Å²) in [4.78, 5) is 31.9. The summed E-state index contributed by atoms with van der Waals surface area (Å²) in [6, 6.07) is 25.1. The first-order chi connectivity index (χ1) is 30.3. The number of benzene rings is 5. The smallest absolute Gasteiger partial charge is 0.347 e. The molecule has 9 rings (SSSR count). The number of para-hydroxylation sites is 2. The number of ether oxygens (including phenoxy) is 5. The lowest BCUT2D eigenvalue weighted by Gasteiger charge is -2.32. The van der Waals surface area contributed by atoms with E-state index in [0.717, 1.165) is 49.1 Å². The van der Waals surface area contributed by atoms with Crippen molar-refractivity contribution in [2.75, 3.05) is 60.6 Å². The molecule has 3 aromatic heterocycles. The van der Waals surface area contributed by atoms with Crippen LogP contribution < -0.4 is 18.9 Å². The molecule has 0 spiro atoms. The molecule has 62 heavy (non-hydrogen) atoms. The van der Waals surface area contributed by atoms with Gasteiger partial charge in [0.25, 0.3) is 0 Å². The molecule has 0 aliphatic carbocycles. The number of hydrogen-bond acceptors (Lipinski definition) is 12. The molecule has 1 saturated heterocycles. The number of aromatic nitrogens is 5. The minimum Gasteiger partial charge on any atom is -0.496 e. The molecule has 0 unspecified atom stereocenters. The highest BCUT2D eigenvalue weighted by Gasteiger charge is 2.28. The fourth-order valence-corrected chi connectivity index (χ4v) is 8.36. The van der Waals surface area contributed by atoms with Crippen LogP contribution in [0.1, 0.15) is 11.3 Å². The van der Waals surface area contributed by atoms with Gasteiger partial charge in [-0.25, -0.2) is 23.7 Å². The van der Waals surface area contributed by atoms with Crippen LogP contribution in [0.3, 0.4) is 0 Å². The van der Waals surface area contributed by atoms with Crippen LogP contribution in [0, 0.1) is 5.82 Å². The molecule has 0 radical (unpaired) electrons. The SMILES string of the molecule is COC(=O)[C@@H](Cc1ccccc1OCc1ccnc(-c2ccccc2OC)n1)Oc1ncnn2cc3c4ccc(F)cc4c4c(Cl)c(OCCN5CCN(C)CC5)ccc4c3c12. The summed E-state index contributed by atoms with van der Waals surface area (Å²) in [5.74, 6) is 1.32. The summed E-state index contributed by atoms with van der Waals surface area (Å²) < 4.78 is 46.6. The molecule has 4 heterocycles. The van der Waals surface area contributed by atoms with E-state index < -0.39 is 17.9 Å². The number of carbonyl (C=O) groups is 1. The van der Waals surface area contributed by atoms with E-state index in [1.54, 1.807) is 30.0 Å². The maximum absolute atomic E-state index is 15.0.